The predicted molar refractivity (Wildman–Crippen MR) is 127 cm³/mol. The smallest absolute Gasteiger partial charge is 0.123 e. The molecule has 4 rings (SSSR count). The lowest BCUT2D eigenvalue weighted by atomic mass is 9.90. The summed E-state index contributed by atoms with van der Waals surface area (Å²) in [5, 5.41) is 19.7. The number of ether oxygens (including phenoxy) is 1. The number of likely N-dealkylation sites (tertiary alicyclic amines) is 1. The van der Waals surface area contributed by atoms with Crippen molar-refractivity contribution in [3.8, 4) is 17.0 Å². The van der Waals surface area contributed by atoms with E-state index >= 15 is 0 Å². The summed E-state index contributed by atoms with van der Waals surface area (Å²) in [7, 11) is 1.67. The van der Waals surface area contributed by atoms with Crippen LogP contribution in [0.4, 0.5) is 4.39 Å². The topological polar surface area (TPSA) is 63.4 Å². The Labute approximate surface area is 195 Å². The Morgan fingerprint density at radius 3 is 2.52 bits per heavy atom. The van der Waals surface area contributed by atoms with Crippen molar-refractivity contribution in [3.05, 3.63) is 66.1 Å². The zero-order valence-electron chi connectivity index (χ0n) is 19.4. The molecule has 1 saturated heterocycles. The molecule has 6 nitrogen and oxygen atoms in total. The van der Waals surface area contributed by atoms with Crippen molar-refractivity contribution in [1.29, 1.82) is 0 Å². The van der Waals surface area contributed by atoms with E-state index in [1.165, 1.54) is 37.0 Å². The molecule has 0 amide bonds. The number of hydrogen-bond donors (Lipinski definition) is 1. The van der Waals surface area contributed by atoms with E-state index in [0.29, 0.717) is 18.7 Å². The Bertz CT molecular complexity index is 1010. The minimum atomic E-state index is -0.549. The lowest BCUT2D eigenvalue weighted by Gasteiger charge is -2.42. The molecule has 1 N–H and O–H groups in total. The first-order valence-corrected chi connectivity index (χ1v) is 11.8. The van der Waals surface area contributed by atoms with Gasteiger partial charge in [-0.2, -0.15) is 0 Å². The van der Waals surface area contributed by atoms with Gasteiger partial charge in [0.2, 0.25) is 0 Å². The second kappa shape index (κ2) is 10.9. The molecule has 2 heterocycles. The Hall–Kier alpha value is -2.77. The average molecular weight is 453 g/mol. The van der Waals surface area contributed by atoms with Gasteiger partial charge in [0.15, 0.2) is 0 Å². The molecule has 2 aromatic carbocycles. The van der Waals surface area contributed by atoms with Crippen molar-refractivity contribution in [2.24, 2.45) is 0 Å². The molecule has 1 fully saturated rings. The van der Waals surface area contributed by atoms with E-state index in [1.54, 1.807) is 23.9 Å². The molecule has 3 aromatic rings. The van der Waals surface area contributed by atoms with Crippen LogP contribution in [0.25, 0.3) is 11.3 Å². The van der Waals surface area contributed by atoms with Crippen LogP contribution < -0.4 is 4.74 Å². The fraction of sp³-hybridized carbons (Fsp3) is 0.462. The minimum Gasteiger partial charge on any atom is -0.497 e. The van der Waals surface area contributed by atoms with Crippen LogP contribution in [0, 0.1) is 5.82 Å². The number of benzene rings is 2. The summed E-state index contributed by atoms with van der Waals surface area (Å²) in [5.74, 6) is 0.551. The molecule has 0 spiro atoms. The number of nitrogens with zero attached hydrogens (tertiary/aromatic N) is 4. The van der Waals surface area contributed by atoms with Crippen LogP contribution in [0.3, 0.4) is 0 Å². The highest BCUT2D eigenvalue weighted by molar-refractivity contribution is 5.57. The summed E-state index contributed by atoms with van der Waals surface area (Å²) in [5.41, 5.74) is 2.67. The van der Waals surface area contributed by atoms with E-state index in [4.69, 9.17) is 4.74 Å². The molecule has 176 valence electrons. The van der Waals surface area contributed by atoms with Gasteiger partial charge in [-0.05, 0) is 61.3 Å². The molecule has 0 unspecified atom stereocenters. The van der Waals surface area contributed by atoms with Crippen LogP contribution in [-0.4, -0.2) is 51.3 Å². The average Bonchev–Trinajstić information content (AvgIpc) is 3.33. The minimum absolute atomic E-state index is 0.142. The van der Waals surface area contributed by atoms with Crippen molar-refractivity contribution >= 4 is 0 Å². The van der Waals surface area contributed by atoms with Gasteiger partial charge in [0.25, 0.3) is 0 Å². The first-order valence-electron chi connectivity index (χ1n) is 11.8. The van der Waals surface area contributed by atoms with E-state index < -0.39 is 6.10 Å². The molecule has 0 radical (unpaired) electrons. The quantitative estimate of drug-likeness (QED) is 0.462. The summed E-state index contributed by atoms with van der Waals surface area (Å²) in [6, 6.07) is 14.3. The summed E-state index contributed by atoms with van der Waals surface area (Å²) in [6.07, 6.45) is 6.69. The molecule has 1 aromatic heterocycles. The van der Waals surface area contributed by atoms with Gasteiger partial charge in [0, 0.05) is 18.2 Å². The lowest BCUT2D eigenvalue weighted by molar-refractivity contribution is -0.00775. The maximum Gasteiger partial charge on any atom is 0.123 e. The van der Waals surface area contributed by atoms with Crippen molar-refractivity contribution in [2.45, 2.75) is 57.2 Å². The fourth-order valence-electron chi connectivity index (χ4n) is 4.64. The Balaban J connectivity index is 1.53. The number of unbranched alkanes of at least 4 members (excludes halogenated alkanes) is 3. The van der Waals surface area contributed by atoms with E-state index in [2.05, 4.69) is 34.3 Å². The van der Waals surface area contributed by atoms with Gasteiger partial charge in [-0.3, -0.25) is 4.90 Å². The van der Waals surface area contributed by atoms with E-state index in [9.17, 15) is 9.50 Å². The number of hydrogen-bond acceptors (Lipinski definition) is 5. The first-order chi connectivity index (χ1) is 16.1. The van der Waals surface area contributed by atoms with E-state index in [0.717, 1.165) is 24.3 Å². The van der Waals surface area contributed by atoms with Crippen LogP contribution in [0.5, 0.6) is 5.75 Å². The molecule has 0 saturated carbocycles. The maximum absolute atomic E-state index is 13.3. The Morgan fingerprint density at radius 1 is 1.06 bits per heavy atom. The van der Waals surface area contributed by atoms with Crippen LogP contribution in [0.1, 0.15) is 56.7 Å². The third-order valence-electron chi connectivity index (χ3n) is 6.56. The van der Waals surface area contributed by atoms with Crippen LogP contribution in [-0.2, 0) is 0 Å². The molecule has 0 bridgehead atoms. The zero-order valence-corrected chi connectivity index (χ0v) is 19.4. The highest BCUT2D eigenvalue weighted by Gasteiger charge is 2.36. The second-order valence-electron chi connectivity index (χ2n) is 8.81. The maximum atomic E-state index is 13.3. The third kappa shape index (κ3) is 5.60. The van der Waals surface area contributed by atoms with Crippen molar-refractivity contribution < 1.29 is 14.2 Å². The molecule has 1 aliphatic rings. The number of aliphatic hydroxyl groups excluding tert-OH is 1. The molecule has 7 heteroatoms. The summed E-state index contributed by atoms with van der Waals surface area (Å²) in [6.45, 7) is 3.88. The van der Waals surface area contributed by atoms with Crippen LogP contribution in [0.15, 0.2) is 54.7 Å². The van der Waals surface area contributed by atoms with Crippen molar-refractivity contribution in [3.63, 3.8) is 0 Å². The highest BCUT2D eigenvalue weighted by atomic mass is 19.1. The third-order valence-corrected chi connectivity index (χ3v) is 6.56. The van der Waals surface area contributed by atoms with Gasteiger partial charge in [0.05, 0.1) is 25.5 Å². The monoisotopic (exact) mass is 452 g/mol. The molecular weight excluding hydrogens is 419 g/mol. The van der Waals surface area contributed by atoms with Gasteiger partial charge < -0.3 is 9.84 Å². The van der Waals surface area contributed by atoms with Gasteiger partial charge in [-0.25, -0.2) is 9.07 Å². The molecule has 3 atom stereocenters. The van der Waals surface area contributed by atoms with E-state index in [1.807, 2.05) is 18.3 Å². The standard InChI is InChI=1S/C26H33FN4O2/c1-3-4-5-6-15-30-18-25(26(32)16-24(30)20-9-13-22(33-2)14-10-20)31-17-23(28-29-31)19-7-11-21(27)12-8-19/h7-14,17,24-26,32H,3-6,15-16,18H2,1-2H3/t24-,25+,26+/m0/s1. The number of halogens is 1. The zero-order chi connectivity index (χ0) is 23.2. The molecule has 33 heavy (non-hydrogen) atoms. The van der Waals surface area contributed by atoms with Crippen LogP contribution in [0.2, 0.25) is 0 Å². The summed E-state index contributed by atoms with van der Waals surface area (Å²) < 4.78 is 20.4. The largest absolute Gasteiger partial charge is 0.497 e. The number of piperidine rings is 1. The predicted octanol–water partition coefficient (Wildman–Crippen LogP) is 5.02. The van der Waals surface area contributed by atoms with Gasteiger partial charge in [-0.1, -0.05) is 43.5 Å². The first kappa shape index (κ1) is 23.4. The Kier molecular flexibility index (Phi) is 7.73. The number of rotatable bonds is 9. The normalized spacial score (nSPS) is 21.3. The fourth-order valence-corrected chi connectivity index (χ4v) is 4.64. The Morgan fingerprint density at radius 2 is 1.82 bits per heavy atom. The van der Waals surface area contributed by atoms with Gasteiger partial charge in [0.1, 0.15) is 17.3 Å². The van der Waals surface area contributed by atoms with E-state index in [-0.39, 0.29) is 17.9 Å². The summed E-state index contributed by atoms with van der Waals surface area (Å²) in [4.78, 5) is 2.47. The highest BCUT2D eigenvalue weighted by Crippen LogP contribution is 2.36. The van der Waals surface area contributed by atoms with Gasteiger partial charge >= 0.3 is 0 Å². The van der Waals surface area contributed by atoms with Crippen molar-refractivity contribution in [1.82, 2.24) is 19.9 Å². The second-order valence-corrected chi connectivity index (χ2v) is 8.81. The lowest BCUT2D eigenvalue weighted by Crippen LogP contribution is -2.46. The SMILES string of the molecule is CCCCCCN1C[C@@H](n2cc(-c3ccc(F)cc3)nn2)[C@H](O)C[C@H]1c1ccc(OC)cc1. The number of aromatic nitrogens is 3. The molecule has 0 aliphatic carbocycles. The molecular formula is C26H33FN4O2. The number of methoxy groups -OCH3 is 1. The van der Waals surface area contributed by atoms with Gasteiger partial charge in [-0.15, -0.1) is 5.10 Å². The summed E-state index contributed by atoms with van der Waals surface area (Å²) >= 11 is 0. The molecule has 1 aliphatic heterocycles. The number of aliphatic hydroxyl groups is 1. The van der Waals surface area contributed by atoms with Crippen LogP contribution >= 0.6 is 0 Å². The van der Waals surface area contributed by atoms with Crippen molar-refractivity contribution in [2.75, 3.05) is 20.2 Å².